The maximum atomic E-state index is 11.2. The van der Waals surface area contributed by atoms with Crippen LogP contribution in [0.3, 0.4) is 0 Å². The average Bonchev–Trinajstić information content (AvgIpc) is 1.94. The Morgan fingerprint density at radius 2 is 2.09 bits per heavy atom. The highest BCUT2D eigenvalue weighted by atomic mass is 127. The third-order valence-corrected chi connectivity index (χ3v) is 2.94. The van der Waals surface area contributed by atoms with Crippen LogP contribution < -0.4 is 0 Å². The summed E-state index contributed by atoms with van der Waals surface area (Å²) in [6, 6.07) is 0.490. The standard InChI is InChI=1S/C7H13IN2O/c1-6(2)9-3-4-10(8)7(11)5-9/h6H,3-5H2,1-2H3. The summed E-state index contributed by atoms with van der Waals surface area (Å²) >= 11 is 2.07. The summed E-state index contributed by atoms with van der Waals surface area (Å²) in [7, 11) is 0. The first-order valence-corrected chi connectivity index (χ1v) is 4.78. The first kappa shape index (κ1) is 9.25. The molecule has 3 nitrogen and oxygen atoms in total. The molecule has 0 unspecified atom stereocenters. The molecule has 1 aliphatic rings. The monoisotopic (exact) mass is 268 g/mol. The highest BCUT2D eigenvalue weighted by Gasteiger charge is 2.23. The Balaban J connectivity index is 2.46. The van der Waals surface area contributed by atoms with Gasteiger partial charge in [0.15, 0.2) is 0 Å². The molecule has 0 aromatic carbocycles. The van der Waals surface area contributed by atoms with Crippen molar-refractivity contribution in [2.75, 3.05) is 19.6 Å². The van der Waals surface area contributed by atoms with E-state index in [4.69, 9.17) is 0 Å². The summed E-state index contributed by atoms with van der Waals surface area (Å²) in [4.78, 5) is 13.4. The molecule has 0 radical (unpaired) electrons. The van der Waals surface area contributed by atoms with Crippen molar-refractivity contribution >= 4 is 28.8 Å². The van der Waals surface area contributed by atoms with E-state index in [0.29, 0.717) is 12.6 Å². The van der Waals surface area contributed by atoms with Crippen LogP contribution in [0.1, 0.15) is 13.8 Å². The number of rotatable bonds is 1. The Labute approximate surface area is 81.2 Å². The molecule has 0 aromatic rings. The molecular formula is C7H13IN2O. The molecule has 1 rings (SSSR count). The van der Waals surface area contributed by atoms with E-state index in [2.05, 4.69) is 41.6 Å². The van der Waals surface area contributed by atoms with E-state index in [0.717, 1.165) is 13.1 Å². The summed E-state index contributed by atoms with van der Waals surface area (Å²) in [6.07, 6.45) is 0. The van der Waals surface area contributed by atoms with Crippen LogP contribution in [0.4, 0.5) is 0 Å². The Bertz CT molecular complexity index is 161. The first-order valence-electron chi connectivity index (χ1n) is 3.81. The van der Waals surface area contributed by atoms with Crippen molar-refractivity contribution in [3.8, 4) is 0 Å². The predicted octanol–water partition coefficient (Wildman–Crippen LogP) is 0.889. The minimum absolute atomic E-state index is 0.227. The van der Waals surface area contributed by atoms with Gasteiger partial charge in [-0.2, -0.15) is 0 Å². The Kier molecular flexibility index (Phi) is 3.12. The van der Waals surface area contributed by atoms with Crippen molar-refractivity contribution in [2.45, 2.75) is 19.9 Å². The number of amides is 1. The van der Waals surface area contributed by atoms with Gasteiger partial charge >= 0.3 is 0 Å². The van der Waals surface area contributed by atoms with Crippen LogP contribution in [0.25, 0.3) is 0 Å². The number of hydrogen-bond acceptors (Lipinski definition) is 2. The molecule has 0 saturated carbocycles. The van der Waals surface area contributed by atoms with Gasteiger partial charge in [-0.25, -0.2) is 0 Å². The lowest BCUT2D eigenvalue weighted by molar-refractivity contribution is -0.129. The van der Waals surface area contributed by atoms with Crippen LogP contribution in [0, 0.1) is 0 Å². The molecule has 1 saturated heterocycles. The van der Waals surface area contributed by atoms with Crippen molar-refractivity contribution in [3.63, 3.8) is 0 Å². The predicted molar refractivity (Wildman–Crippen MR) is 52.4 cm³/mol. The van der Waals surface area contributed by atoms with Gasteiger partial charge in [0.1, 0.15) is 0 Å². The summed E-state index contributed by atoms with van der Waals surface area (Å²) in [5, 5.41) is 0. The quantitative estimate of drug-likeness (QED) is 0.521. The molecule has 0 aromatic heterocycles. The van der Waals surface area contributed by atoms with Crippen molar-refractivity contribution < 1.29 is 4.79 Å². The number of carbonyl (C=O) groups excluding carboxylic acids is 1. The fourth-order valence-corrected chi connectivity index (χ4v) is 1.48. The van der Waals surface area contributed by atoms with Crippen molar-refractivity contribution in [3.05, 3.63) is 0 Å². The maximum absolute atomic E-state index is 11.2. The highest BCUT2D eigenvalue weighted by Crippen LogP contribution is 2.10. The molecule has 64 valence electrons. The second-order valence-electron chi connectivity index (χ2n) is 3.04. The summed E-state index contributed by atoms with van der Waals surface area (Å²) in [5.41, 5.74) is 0. The lowest BCUT2D eigenvalue weighted by atomic mass is 10.2. The lowest BCUT2D eigenvalue weighted by Crippen LogP contribution is -2.48. The van der Waals surface area contributed by atoms with E-state index in [9.17, 15) is 4.79 Å². The minimum Gasteiger partial charge on any atom is -0.290 e. The SMILES string of the molecule is CC(C)N1CCN(I)C(=O)C1. The van der Waals surface area contributed by atoms with Crippen LogP contribution in [0.2, 0.25) is 0 Å². The zero-order valence-corrected chi connectivity index (χ0v) is 9.04. The molecule has 11 heavy (non-hydrogen) atoms. The Hall–Kier alpha value is 0.160. The fourth-order valence-electron chi connectivity index (χ4n) is 1.11. The van der Waals surface area contributed by atoms with E-state index in [1.54, 1.807) is 3.11 Å². The van der Waals surface area contributed by atoms with Crippen LogP contribution in [-0.4, -0.2) is 39.6 Å². The van der Waals surface area contributed by atoms with Gasteiger partial charge in [-0.15, -0.1) is 0 Å². The topological polar surface area (TPSA) is 23.6 Å². The number of halogens is 1. The van der Waals surface area contributed by atoms with Gasteiger partial charge in [0, 0.05) is 19.1 Å². The summed E-state index contributed by atoms with van der Waals surface area (Å²) in [5.74, 6) is 0.227. The molecule has 1 heterocycles. The number of nitrogens with zero attached hydrogens (tertiary/aromatic N) is 2. The van der Waals surface area contributed by atoms with Gasteiger partial charge < -0.3 is 0 Å². The van der Waals surface area contributed by atoms with Gasteiger partial charge in [0.05, 0.1) is 29.4 Å². The molecule has 0 spiro atoms. The van der Waals surface area contributed by atoms with Gasteiger partial charge in [0.2, 0.25) is 5.91 Å². The fraction of sp³-hybridized carbons (Fsp3) is 0.857. The van der Waals surface area contributed by atoms with E-state index in [-0.39, 0.29) is 5.91 Å². The molecule has 0 bridgehead atoms. The van der Waals surface area contributed by atoms with Gasteiger partial charge in [0.25, 0.3) is 0 Å². The van der Waals surface area contributed by atoms with Gasteiger partial charge in [-0.3, -0.25) is 12.8 Å². The zero-order valence-electron chi connectivity index (χ0n) is 6.88. The Morgan fingerprint density at radius 3 is 2.55 bits per heavy atom. The molecule has 0 N–H and O–H groups in total. The molecule has 1 amide bonds. The van der Waals surface area contributed by atoms with E-state index in [1.165, 1.54) is 0 Å². The first-order chi connectivity index (χ1) is 5.11. The van der Waals surface area contributed by atoms with E-state index in [1.807, 2.05) is 0 Å². The van der Waals surface area contributed by atoms with E-state index >= 15 is 0 Å². The molecule has 4 heteroatoms. The van der Waals surface area contributed by atoms with Gasteiger partial charge in [-0.1, -0.05) is 0 Å². The van der Waals surface area contributed by atoms with Crippen molar-refractivity contribution in [1.82, 2.24) is 8.01 Å². The smallest absolute Gasteiger partial charge is 0.245 e. The van der Waals surface area contributed by atoms with Crippen LogP contribution >= 0.6 is 22.9 Å². The normalized spacial score (nSPS) is 21.5. The second kappa shape index (κ2) is 3.71. The molecular weight excluding hydrogens is 255 g/mol. The van der Waals surface area contributed by atoms with Crippen LogP contribution in [0.15, 0.2) is 0 Å². The third kappa shape index (κ3) is 2.30. The number of carbonyl (C=O) groups is 1. The summed E-state index contributed by atoms with van der Waals surface area (Å²) in [6.45, 7) is 6.69. The third-order valence-electron chi connectivity index (χ3n) is 1.92. The largest absolute Gasteiger partial charge is 0.290 e. The van der Waals surface area contributed by atoms with Crippen LogP contribution in [-0.2, 0) is 4.79 Å². The second-order valence-corrected chi connectivity index (χ2v) is 4.21. The van der Waals surface area contributed by atoms with Crippen molar-refractivity contribution in [1.29, 1.82) is 0 Å². The maximum Gasteiger partial charge on any atom is 0.245 e. The summed E-state index contributed by atoms with van der Waals surface area (Å²) < 4.78 is 1.76. The minimum atomic E-state index is 0.227. The molecule has 1 fully saturated rings. The van der Waals surface area contributed by atoms with Gasteiger partial charge in [-0.05, 0) is 13.8 Å². The number of piperazine rings is 1. The van der Waals surface area contributed by atoms with Crippen LogP contribution in [0.5, 0.6) is 0 Å². The number of hydrogen-bond donors (Lipinski definition) is 0. The Morgan fingerprint density at radius 1 is 1.45 bits per heavy atom. The average molecular weight is 268 g/mol. The highest BCUT2D eigenvalue weighted by molar-refractivity contribution is 14.1. The molecule has 1 aliphatic heterocycles. The zero-order chi connectivity index (χ0) is 8.43. The molecule has 0 aliphatic carbocycles. The van der Waals surface area contributed by atoms with Crippen molar-refractivity contribution in [2.24, 2.45) is 0 Å². The van der Waals surface area contributed by atoms with E-state index < -0.39 is 0 Å². The lowest BCUT2D eigenvalue weighted by Gasteiger charge is -2.33. The molecule has 0 atom stereocenters.